The maximum absolute atomic E-state index is 4.85. The number of hydrogen-bond donors (Lipinski definition) is 1. The first-order chi connectivity index (χ1) is 13.8. The molecule has 0 radical (unpaired) electrons. The van der Waals surface area contributed by atoms with Crippen LogP contribution in [0.3, 0.4) is 0 Å². The molecule has 2 aliphatic rings. The maximum Gasteiger partial charge on any atom is 0.193 e. The van der Waals surface area contributed by atoms with Crippen LogP contribution in [0, 0.1) is 0 Å². The lowest BCUT2D eigenvalue weighted by Crippen LogP contribution is -2.52. The highest BCUT2D eigenvalue weighted by atomic mass is 127. The highest BCUT2D eigenvalue weighted by Gasteiger charge is 2.20. The van der Waals surface area contributed by atoms with Crippen LogP contribution in [0.5, 0.6) is 0 Å². The second-order valence-electron chi connectivity index (χ2n) is 7.42. The Morgan fingerprint density at radius 1 is 1.17 bits per heavy atom. The van der Waals surface area contributed by atoms with Gasteiger partial charge in [0.2, 0.25) is 0 Å². The minimum absolute atomic E-state index is 0. The lowest BCUT2D eigenvalue weighted by molar-refractivity contribution is 0.371. The summed E-state index contributed by atoms with van der Waals surface area (Å²) in [6, 6.07) is 6.10. The van der Waals surface area contributed by atoms with Crippen molar-refractivity contribution in [3.05, 3.63) is 40.0 Å². The summed E-state index contributed by atoms with van der Waals surface area (Å²) in [7, 11) is 1.88. The number of halogens is 1. The third-order valence-corrected chi connectivity index (χ3v) is 6.72. The van der Waals surface area contributed by atoms with E-state index in [9.17, 15) is 0 Å². The molecular formula is C21H31IN6S. The van der Waals surface area contributed by atoms with E-state index >= 15 is 0 Å². The second kappa shape index (κ2) is 11.1. The van der Waals surface area contributed by atoms with Gasteiger partial charge in [0.25, 0.3) is 0 Å². The number of piperazine rings is 1. The summed E-state index contributed by atoms with van der Waals surface area (Å²) in [5.74, 6) is 2.08. The Morgan fingerprint density at radius 3 is 2.72 bits per heavy atom. The van der Waals surface area contributed by atoms with E-state index in [0.717, 1.165) is 57.3 Å². The first-order valence-electron chi connectivity index (χ1n) is 10.4. The normalized spacial score (nSPS) is 16.9. The fourth-order valence-electron chi connectivity index (χ4n) is 3.97. The minimum Gasteiger partial charge on any atom is -0.356 e. The Balaban J connectivity index is 0.00000240. The van der Waals surface area contributed by atoms with Gasteiger partial charge in [0, 0.05) is 57.3 Å². The Labute approximate surface area is 194 Å². The molecule has 158 valence electrons. The Hall–Kier alpha value is -1.42. The summed E-state index contributed by atoms with van der Waals surface area (Å²) < 4.78 is 0. The number of nitrogens with zero attached hydrogens (tertiary/aromatic N) is 5. The quantitative estimate of drug-likeness (QED) is 0.280. The van der Waals surface area contributed by atoms with E-state index in [2.05, 4.69) is 31.2 Å². The van der Waals surface area contributed by atoms with Crippen molar-refractivity contribution in [2.45, 2.75) is 38.5 Å². The molecule has 0 atom stereocenters. The summed E-state index contributed by atoms with van der Waals surface area (Å²) in [5.41, 5.74) is 1.38. The Bertz CT molecular complexity index is 762. The number of aryl methyl sites for hydroxylation is 3. The van der Waals surface area contributed by atoms with Gasteiger partial charge < -0.3 is 15.1 Å². The Kier molecular flexibility index (Phi) is 8.53. The molecule has 1 N–H and O–H groups in total. The smallest absolute Gasteiger partial charge is 0.193 e. The number of rotatable bonds is 5. The van der Waals surface area contributed by atoms with Crippen molar-refractivity contribution < 1.29 is 0 Å². The summed E-state index contributed by atoms with van der Waals surface area (Å²) in [4.78, 5) is 20.0. The van der Waals surface area contributed by atoms with Crippen molar-refractivity contribution >= 4 is 47.1 Å². The number of fused-ring (bicyclic) bond motifs is 1. The zero-order valence-corrected chi connectivity index (χ0v) is 20.3. The van der Waals surface area contributed by atoms with Gasteiger partial charge in [-0.1, -0.05) is 6.07 Å². The molecule has 0 spiro atoms. The molecule has 0 unspecified atom stereocenters. The van der Waals surface area contributed by atoms with Crippen molar-refractivity contribution in [2.24, 2.45) is 4.99 Å². The van der Waals surface area contributed by atoms with Crippen LogP contribution in [0.4, 0.5) is 5.82 Å². The van der Waals surface area contributed by atoms with Crippen LogP contribution in [0.15, 0.2) is 29.4 Å². The molecule has 1 aliphatic heterocycles. The SMILES string of the molecule is CN=C(NCCCc1nc2c(s1)CCCC2)N1CCN(c2ccccn2)CC1.I. The number of aliphatic imine (C=N–C) groups is 1. The average molecular weight is 526 g/mol. The number of hydrogen-bond acceptors (Lipinski definition) is 5. The molecular weight excluding hydrogens is 495 g/mol. The highest BCUT2D eigenvalue weighted by molar-refractivity contribution is 14.0. The van der Waals surface area contributed by atoms with Gasteiger partial charge in [-0.2, -0.15) is 0 Å². The molecule has 4 rings (SSSR count). The monoisotopic (exact) mass is 526 g/mol. The van der Waals surface area contributed by atoms with Crippen LogP contribution in [0.25, 0.3) is 0 Å². The zero-order chi connectivity index (χ0) is 19.2. The first kappa shape index (κ1) is 22.3. The fourth-order valence-corrected chi connectivity index (χ4v) is 5.17. The molecule has 1 fully saturated rings. The molecule has 29 heavy (non-hydrogen) atoms. The van der Waals surface area contributed by atoms with Crippen molar-refractivity contribution in [2.75, 3.05) is 44.7 Å². The van der Waals surface area contributed by atoms with E-state index in [1.165, 1.54) is 41.3 Å². The summed E-state index contributed by atoms with van der Waals surface area (Å²) in [6.07, 6.45) is 9.08. The van der Waals surface area contributed by atoms with Crippen LogP contribution < -0.4 is 10.2 Å². The molecule has 3 heterocycles. The molecule has 1 saturated heterocycles. The minimum atomic E-state index is 0. The van der Waals surface area contributed by atoms with Gasteiger partial charge in [-0.05, 0) is 44.2 Å². The Morgan fingerprint density at radius 2 is 2.00 bits per heavy atom. The van der Waals surface area contributed by atoms with Crippen LogP contribution in [-0.2, 0) is 19.3 Å². The van der Waals surface area contributed by atoms with Crippen molar-refractivity contribution in [1.82, 2.24) is 20.2 Å². The van der Waals surface area contributed by atoms with E-state index in [0.29, 0.717) is 0 Å². The van der Waals surface area contributed by atoms with Gasteiger partial charge in [-0.15, -0.1) is 35.3 Å². The average Bonchev–Trinajstić information content (AvgIpc) is 3.17. The second-order valence-corrected chi connectivity index (χ2v) is 8.59. The van der Waals surface area contributed by atoms with E-state index in [1.54, 1.807) is 0 Å². The third kappa shape index (κ3) is 5.81. The number of thiazole rings is 1. The van der Waals surface area contributed by atoms with Crippen LogP contribution in [0.1, 0.15) is 34.8 Å². The molecule has 8 heteroatoms. The van der Waals surface area contributed by atoms with Crippen LogP contribution in [-0.4, -0.2) is 60.6 Å². The van der Waals surface area contributed by atoms with E-state index in [4.69, 9.17) is 4.98 Å². The standard InChI is InChI=1S/C21H30N6S.HI/c1-22-21(27-15-13-26(14-16-27)19-9-4-5-11-23-19)24-12-6-10-20-25-17-7-2-3-8-18(17)28-20;/h4-5,9,11H,2-3,6-8,10,12-16H2,1H3,(H,22,24);1H. The molecule has 2 aromatic heterocycles. The van der Waals surface area contributed by atoms with Crippen LogP contribution >= 0.6 is 35.3 Å². The van der Waals surface area contributed by atoms with Gasteiger partial charge in [0.05, 0.1) is 10.7 Å². The fraction of sp³-hybridized carbons (Fsp3) is 0.571. The topological polar surface area (TPSA) is 56.7 Å². The zero-order valence-electron chi connectivity index (χ0n) is 17.1. The van der Waals surface area contributed by atoms with Gasteiger partial charge in [-0.3, -0.25) is 4.99 Å². The van der Waals surface area contributed by atoms with Gasteiger partial charge in [0.1, 0.15) is 5.82 Å². The van der Waals surface area contributed by atoms with Crippen molar-refractivity contribution in [3.8, 4) is 0 Å². The van der Waals surface area contributed by atoms with Gasteiger partial charge in [-0.25, -0.2) is 9.97 Å². The summed E-state index contributed by atoms with van der Waals surface area (Å²) in [6.45, 7) is 4.83. The maximum atomic E-state index is 4.85. The van der Waals surface area contributed by atoms with Crippen molar-refractivity contribution in [1.29, 1.82) is 0 Å². The van der Waals surface area contributed by atoms with E-state index in [1.807, 2.05) is 36.7 Å². The number of guanidine groups is 1. The predicted octanol–water partition coefficient (Wildman–Crippen LogP) is 3.37. The first-order valence-corrected chi connectivity index (χ1v) is 11.2. The molecule has 2 aromatic rings. The number of pyridine rings is 1. The number of nitrogens with one attached hydrogen (secondary N) is 1. The van der Waals surface area contributed by atoms with E-state index < -0.39 is 0 Å². The third-order valence-electron chi connectivity index (χ3n) is 5.50. The molecule has 6 nitrogen and oxygen atoms in total. The summed E-state index contributed by atoms with van der Waals surface area (Å²) >= 11 is 1.94. The molecule has 0 aromatic carbocycles. The molecule has 0 saturated carbocycles. The molecule has 0 amide bonds. The lowest BCUT2D eigenvalue weighted by Gasteiger charge is -2.37. The predicted molar refractivity (Wildman–Crippen MR) is 132 cm³/mol. The van der Waals surface area contributed by atoms with Crippen molar-refractivity contribution in [3.63, 3.8) is 0 Å². The summed E-state index contributed by atoms with van der Waals surface area (Å²) in [5, 5.41) is 4.86. The largest absolute Gasteiger partial charge is 0.356 e. The van der Waals surface area contributed by atoms with E-state index in [-0.39, 0.29) is 24.0 Å². The molecule has 0 bridgehead atoms. The lowest BCUT2D eigenvalue weighted by atomic mass is 10.0. The number of anilines is 1. The van der Waals surface area contributed by atoms with Gasteiger partial charge >= 0.3 is 0 Å². The molecule has 1 aliphatic carbocycles. The van der Waals surface area contributed by atoms with Gasteiger partial charge in [0.15, 0.2) is 5.96 Å². The number of aromatic nitrogens is 2. The highest BCUT2D eigenvalue weighted by Crippen LogP contribution is 2.27. The van der Waals surface area contributed by atoms with Crippen LogP contribution in [0.2, 0.25) is 0 Å².